The number of sulfonamides is 1. The van der Waals surface area contributed by atoms with Crippen molar-refractivity contribution in [3.05, 3.63) is 114 Å². The van der Waals surface area contributed by atoms with E-state index >= 15 is 0 Å². The number of nitrogens with one attached hydrogen (secondary N) is 3. The van der Waals surface area contributed by atoms with Crippen molar-refractivity contribution < 1.29 is 31.9 Å². The summed E-state index contributed by atoms with van der Waals surface area (Å²) in [5.41, 5.74) is 1.02. The molecule has 4 aromatic rings. The third-order valence-corrected chi connectivity index (χ3v) is 7.60. The van der Waals surface area contributed by atoms with Crippen LogP contribution in [0.2, 0.25) is 0 Å². The Labute approximate surface area is 245 Å². The van der Waals surface area contributed by atoms with Crippen molar-refractivity contribution in [2.75, 3.05) is 17.2 Å². The summed E-state index contributed by atoms with van der Waals surface area (Å²) >= 11 is 0. The van der Waals surface area contributed by atoms with Gasteiger partial charge in [0.05, 0.1) is 31.8 Å². The number of rotatable bonds is 13. The Hall–Kier alpha value is -4.45. The van der Waals surface area contributed by atoms with Crippen molar-refractivity contribution in [1.82, 2.24) is 4.72 Å². The lowest BCUT2D eigenvalue weighted by molar-refractivity contribution is -0.141. The minimum atomic E-state index is -4.38. The summed E-state index contributed by atoms with van der Waals surface area (Å²) < 4.78 is 45.3. The third-order valence-electron chi connectivity index (χ3n) is 6.21. The van der Waals surface area contributed by atoms with E-state index in [4.69, 9.17) is 13.9 Å². The molecule has 4 rings (SSSR count). The predicted molar refractivity (Wildman–Crippen MR) is 158 cm³/mol. The maximum absolute atomic E-state index is 13.7. The van der Waals surface area contributed by atoms with E-state index in [1.807, 2.05) is 79.2 Å². The Morgan fingerprint density at radius 1 is 0.810 bits per heavy atom. The fraction of sp³-hybridized carbons (Fsp3) is 0.226. The van der Waals surface area contributed by atoms with Crippen LogP contribution < -0.4 is 15.4 Å². The molecule has 0 aliphatic carbocycles. The molecule has 3 amide bonds. The summed E-state index contributed by atoms with van der Waals surface area (Å²) in [6.07, 6.45) is 0.304. The van der Waals surface area contributed by atoms with Gasteiger partial charge in [0.2, 0.25) is 5.88 Å². The van der Waals surface area contributed by atoms with Gasteiger partial charge >= 0.3 is 6.03 Å². The lowest BCUT2D eigenvalue weighted by Crippen LogP contribution is -2.45. The van der Waals surface area contributed by atoms with Crippen LogP contribution in [0.3, 0.4) is 0 Å². The first-order chi connectivity index (χ1) is 20.1. The zero-order chi connectivity index (χ0) is 30.0. The molecule has 0 aliphatic rings. The van der Waals surface area contributed by atoms with Crippen LogP contribution in [0.5, 0.6) is 0 Å². The lowest BCUT2D eigenvalue weighted by atomic mass is 9.86. The first-order valence-electron chi connectivity index (χ1n) is 13.2. The maximum atomic E-state index is 13.7. The molecule has 0 bridgehead atoms. The van der Waals surface area contributed by atoms with Crippen LogP contribution in [-0.2, 0) is 37.5 Å². The average molecular weight is 592 g/mol. The van der Waals surface area contributed by atoms with Crippen LogP contribution in [0.15, 0.2) is 113 Å². The van der Waals surface area contributed by atoms with E-state index in [1.165, 1.54) is 30.5 Å². The molecule has 0 saturated heterocycles. The van der Waals surface area contributed by atoms with Crippen molar-refractivity contribution in [3.8, 4) is 0 Å². The van der Waals surface area contributed by atoms with Crippen LogP contribution in [0.25, 0.3) is 0 Å². The number of anilines is 2. The second-order valence-electron chi connectivity index (χ2n) is 10.2. The van der Waals surface area contributed by atoms with E-state index in [0.717, 1.165) is 11.1 Å². The highest BCUT2D eigenvalue weighted by molar-refractivity contribution is 7.90. The Kier molecular flexibility index (Phi) is 10.1. The molecule has 11 heteroatoms. The number of urea groups is 1. The largest absolute Gasteiger partial charge is 0.449 e. The molecule has 42 heavy (non-hydrogen) atoms. The molecule has 3 N–H and O–H groups in total. The zero-order valence-corrected chi connectivity index (χ0v) is 24.1. The van der Waals surface area contributed by atoms with E-state index in [1.54, 1.807) is 12.1 Å². The molecule has 0 fully saturated rings. The Morgan fingerprint density at radius 3 is 2.07 bits per heavy atom. The summed E-state index contributed by atoms with van der Waals surface area (Å²) in [5, 5.41) is 4.99. The number of hydrogen-bond acceptors (Lipinski definition) is 7. The summed E-state index contributed by atoms with van der Waals surface area (Å²) in [6, 6.07) is 26.8. The highest BCUT2D eigenvalue weighted by Crippen LogP contribution is 2.29. The molecule has 220 valence electrons. The fourth-order valence-electron chi connectivity index (χ4n) is 4.16. The summed E-state index contributed by atoms with van der Waals surface area (Å²) in [7, 11) is -4.38. The van der Waals surface area contributed by atoms with Crippen molar-refractivity contribution in [1.29, 1.82) is 0 Å². The lowest BCUT2D eigenvalue weighted by Gasteiger charge is -2.33. The van der Waals surface area contributed by atoms with E-state index in [2.05, 4.69) is 10.6 Å². The van der Waals surface area contributed by atoms with Gasteiger partial charge in [-0.3, -0.25) is 10.1 Å². The van der Waals surface area contributed by atoms with Crippen molar-refractivity contribution >= 4 is 33.5 Å². The second kappa shape index (κ2) is 13.9. The second-order valence-corrected chi connectivity index (χ2v) is 11.8. The molecule has 1 atom stereocenters. The molecular weight excluding hydrogens is 558 g/mol. The number of carbonyl (C=O) groups excluding carboxylic acids is 2. The number of ether oxygens (including phenoxy) is 2. The normalized spacial score (nSPS) is 12.3. The summed E-state index contributed by atoms with van der Waals surface area (Å²) in [5.74, 6) is -0.499. The SMILES string of the molecule is CC(C)(COCc1ccccc1)C(OCc1ccccc1)C(=O)Nc1ccccc1S(=O)(=O)NC(=O)Nc1ccco1. The van der Waals surface area contributed by atoms with Gasteiger partial charge in [0.1, 0.15) is 11.0 Å². The first-order valence-corrected chi connectivity index (χ1v) is 14.7. The number of para-hydroxylation sites is 1. The predicted octanol–water partition coefficient (Wildman–Crippen LogP) is 5.56. The van der Waals surface area contributed by atoms with Gasteiger partial charge < -0.3 is 19.2 Å². The number of furan rings is 1. The fourth-order valence-corrected chi connectivity index (χ4v) is 5.23. The smallest absolute Gasteiger partial charge is 0.335 e. The topological polar surface area (TPSA) is 136 Å². The molecule has 1 heterocycles. The van der Waals surface area contributed by atoms with Gasteiger partial charge in [0.15, 0.2) is 0 Å². The summed E-state index contributed by atoms with van der Waals surface area (Å²) in [6.45, 7) is 4.37. The molecule has 10 nitrogen and oxygen atoms in total. The van der Waals surface area contributed by atoms with Crippen LogP contribution >= 0.6 is 0 Å². The van der Waals surface area contributed by atoms with E-state index in [0.29, 0.717) is 6.61 Å². The van der Waals surface area contributed by atoms with Crippen molar-refractivity contribution in [2.24, 2.45) is 5.41 Å². The minimum absolute atomic E-state index is 0.0184. The molecule has 0 saturated carbocycles. The Bertz CT molecular complexity index is 1560. The number of amides is 3. The van der Waals surface area contributed by atoms with E-state index < -0.39 is 33.5 Å². The standard InChI is InChI=1S/C31H33N3O7S/c1-31(2,22-39-20-23-12-5-3-6-13-23)28(41-21-24-14-7-4-8-15-24)29(35)32-25-16-9-10-17-26(25)42(37,38)34-30(36)33-27-18-11-19-40-27/h3-19,28H,20-22H2,1-2H3,(H,32,35)(H2,33,34,36). The average Bonchev–Trinajstić information content (AvgIpc) is 3.47. The molecule has 0 spiro atoms. The quantitative estimate of drug-likeness (QED) is 0.185. The Morgan fingerprint density at radius 2 is 1.43 bits per heavy atom. The van der Waals surface area contributed by atoms with Crippen LogP contribution in [0.4, 0.5) is 16.4 Å². The molecule has 1 unspecified atom stereocenters. The van der Waals surface area contributed by atoms with Gasteiger partial charge in [-0.1, -0.05) is 86.6 Å². The van der Waals surface area contributed by atoms with Crippen molar-refractivity contribution in [2.45, 2.75) is 38.1 Å². The molecular formula is C31H33N3O7S. The first kappa shape index (κ1) is 30.5. The number of carbonyl (C=O) groups is 2. The monoisotopic (exact) mass is 591 g/mol. The molecule has 3 aromatic carbocycles. The van der Waals surface area contributed by atoms with Crippen LogP contribution in [-0.4, -0.2) is 33.1 Å². The number of benzene rings is 3. The highest BCUT2D eigenvalue weighted by atomic mass is 32.2. The molecule has 0 aliphatic heterocycles. The van der Waals surface area contributed by atoms with Crippen LogP contribution in [0, 0.1) is 5.41 Å². The highest BCUT2D eigenvalue weighted by Gasteiger charge is 2.37. The minimum Gasteiger partial charge on any atom is -0.449 e. The zero-order valence-electron chi connectivity index (χ0n) is 23.3. The van der Waals surface area contributed by atoms with E-state index in [-0.39, 0.29) is 29.7 Å². The van der Waals surface area contributed by atoms with Gasteiger partial charge in [0.25, 0.3) is 15.9 Å². The third kappa shape index (κ3) is 8.53. The maximum Gasteiger partial charge on any atom is 0.335 e. The molecule has 0 radical (unpaired) electrons. The van der Waals surface area contributed by atoms with Gasteiger partial charge in [-0.25, -0.2) is 17.9 Å². The van der Waals surface area contributed by atoms with Gasteiger partial charge in [-0.2, -0.15) is 0 Å². The summed E-state index contributed by atoms with van der Waals surface area (Å²) in [4.78, 5) is 25.7. The molecule has 1 aromatic heterocycles. The van der Waals surface area contributed by atoms with Crippen molar-refractivity contribution in [3.63, 3.8) is 0 Å². The van der Waals surface area contributed by atoms with E-state index in [9.17, 15) is 18.0 Å². The Balaban J connectivity index is 1.51. The van der Waals surface area contributed by atoms with Gasteiger partial charge in [0, 0.05) is 11.5 Å². The number of hydrogen-bond donors (Lipinski definition) is 3. The van der Waals surface area contributed by atoms with Gasteiger partial charge in [-0.05, 0) is 29.3 Å². The van der Waals surface area contributed by atoms with Gasteiger partial charge in [-0.15, -0.1) is 0 Å². The van der Waals surface area contributed by atoms with Crippen LogP contribution in [0.1, 0.15) is 25.0 Å².